The van der Waals surface area contributed by atoms with E-state index in [1.165, 1.54) is 16.2 Å². The molecule has 0 aliphatic carbocycles. The van der Waals surface area contributed by atoms with Gasteiger partial charge in [-0.2, -0.15) is 0 Å². The summed E-state index contributed by atoms with van der Waals surface area (Å²) in [7, 11) is 0. The predicted octanol–water partition coefficient (Wildman–Crippen LogP) is 8.49. The van der Waals surface area contributed by atoms with Crippen molar-refractivity contribution in [2.24, 2.45) is 0 Å². The minimum absolute atomic E-state index is 0.494. The predicted molar refractivity (Wildman–Crippen MR) is 136 cm³/mol. The van der Waals surface area contributed by atoms with Crippen LogP contribution in [0, 0.1) is 0 Å². The van der Waals surface area contributed by atoms with Gasteiger partial charge >= 0.3 is 0 Å². The van der Waals surface area contributed by atoms with Gasteiger partial charge in [0.2, 0.25) is 0 Å². The summed E-state index contributed by atoms with van der Waals surface area (Å²) < 4.78 is 6.38. The number of anilines is 1. The van der Waals surface area contributed by atoms with Crippen LogP contribution in [0.2, 0.25) is 10.0 Å². The number of hydrogen-bond donors (Lipinski definition) is 1. The summed E-state index contributed by atoms with van der Waals surface area (Å²) in [5.41, 5.74) is 3.09. The fourth-order valence-corrected chi connectivity index (χ4v) is 4.50. The lowest BCUT2D eigenvalue weighted by Gasteiger charge is -2.17. The molecule has 5 rings (SSSR count). The van der Waals surface area contributed by atoms with Crippen molar-refractivity contribution in [2.45, 2.75) is 13.2 Å². The van der Waals surface area contributed by atoms with Gasteiger partial charge in [0.05, 0.1) is 10.7 Å². The lowest BCUT2D eigenvalue weighted by Crippen LogP contribution is -2.05. The molecule has 5 aromatic rings. The summed E-state index contributed by atoms with van der Waals surface area (Å²) >= 11 is 12.4. The van der Waals surface area contributed by atoms with Crippen LogP contribution in [0.15, 0.2) is 97.1 Å². The average Bonchev–Trinajstić information content (AvgIpc) is 2.82. The largest absolute Gasteiger partial charge is 0.489 e. The van der Waals surface area contributed by atoms with Crippen LogP contribution in [0.3, 0.4) is 0 Å². The second kappa shape index (κ2) is 9.12. The van der Waals surface area contributed by atoms with Crippen molar-refractivity contribution in [2.75, 3.05) is 5.32 Å². The molecule has 0 fully saturated rings. The first kappa shape index (κ1) is 20.7. The zero-order valence-electron chi connectivity index (χ0n) is 17.3. The van der Waals surface area contributed by atoms with Gasteiger partial charge in [-0.1, -0.05) is 96.0 Å². The van der Waals surface area contributed by atoms with Crippen molar-refractivity contribution in [3.05, 3.63) is 118 Å². The standard InChI is InChI=1S/C28H21Cl2NO/c29-22-13-14-27(26(30)16-22)31-17-25-24-11-4-2-7-20(24)12-15-28(25)32-18-21-9-5-8-19-6-1-3-10-23(19)21/h1-16,31H,17-18H2. The molecule has 4 heteroatoms. The molecule has 0 spiro atoms. The van der Waals surface area contributed by atoms with Crippen LogP contribution in [0.25, 0.3) is 21.5 Å². The third-order valence-electron chi connectivity index (χ3n) is 5.65. The van der Waals surface area contributed by atoms with Crippen LogP contribution >= 0.6 is 23.2 Å². The topological polar surface area (TPSA) is 21.3 Å². The molecule has 2 nitrogen and oxygen atoms in total. The Balaban J connectivity index is 1.47. The fraction of sp³-hybridized carbons (Fsp3) is 0.0714. The quantitative estimate of drug-likeness (QED) is 0.275. The summed E-state index contributed by atoms with van der Waals surface area (Å²) in [5.74, 6) is 0.856. The maximum atomic E-state index is 6.38. The smallest absolute Gasteiger partial charge is 0.125 e. The molecule has 158 valence electrons. The molecule has 0 atom stereocenters. The third-order valence-corrected chi connectivity index (χ3v) is 6.20. The van der Waals surface area contributed by atoms with Gasteiger partial charge in [-0.15, -0.1) is 0 Å². The minimum Gasteiger partial charge on any atom is -0.489 e. The van der Waals surface area contributed by atoms with Gasteiger partial charge in [-0.25, -0.2) is 0 Å². The van der Waals surface area contributed by atoms with E-state index < -0.39 is 0 Å². The Morgan fingerprint density at radius 3 is 2.22 bits per heavy atom. The Kier molecular flexibility index (Phi) is 5.89. The van der Waals surface area contributed by atoms with E-state index in [2.05, 4.69) is 72.0 Å². The number of hydrogen-bond acceptors (Lipinski definition) is 2. The molecule has 1 N–H and O–H groups in total. The first-order chi connectivity index (χ1) is 15.7. The Hall–Kier alpha value is -3.20. The van der Waals surface area contributed by atoms with E-state index in [9.17, 15) is 0 Å². The number of fused-ring (bicyclic) bond motifs is 2. The van der Waals surface area contributed by atoms with Crippen molar-refractivity contribution >= 4 is 50.4 Å². The molecule has 0 aliphatic rings. The fourth-order valence-electron chi connectivity index (χ4n) is 4.02. The van der Waals surface area contributed by atoms with Crippen LogP contribution in [0.4, 0.5) is 5.69 Å². The summed E-state index contributed by atoms with van der Waals surface area (Å²) in [5, 5.41) is 9.40. The molecule has 0 aliphatic heterocycles. The normalized spacial score (nSPS) is 11.1. The van der Waals surface area contributed by atoms with E-state index in [-0.39, 0.29) is 0 Å². The highest BCUT2D eigenvalue weighted by molar-refractivity contribution is 6.36. The number of rotatable bonds is 6. The molecule has 0 amide bonds. The Bertz CT molecular complexity index is 1410. The van der Waals surface area contributed by atoms with Crippen LogP contribution in [-0.2, 0) is 13.2 Å². The highest BCUT2D eigenvalue weighted by Gasteiger charge is 2.11. The zero-order valence-corrected chi connectivity index (χ0v) is 18.8. The molecule has 0 aromatic heterocycles. The number of benzene rings is 5. The second-order valence-corrected chi connectivity index (χ2v) is 8.51. The van der Waals surface area contributed by atoms with Crippen LogP contribution < -0.4 is 10.1 Å². The van der Waals surface area contributed by atoms with Crippen molar-refractivity contribution < 1.29 is 4.74 Å². The van der Waals surface area contributed by atoms with E-state index in [0.29, 0.717) is 23.2 Å². The average molecular weight is 458 g/mol. The maximum absolute atomic E-state index is 6.38. The Morgan fingerprint density at radius 2 is 1.41 bits per heavy atom. The van der Waals surface area contributed by atoms with Gasteiger partial charge < -0.3 is 10.1 Å². The highest BCUT2D eigenvalue weighted by Crippen LogP contribution is 2.32. The lowest BCUT2D eigenvalue weighted by atomic mass is 10.0. The Labute approximate surface area is 197 Å². The number of halogens is 2. The van der Waals surface area contributed by atoms with Crippen LogP contribution in [0.1, 0.15) is 11.1 Å². The molecule has 0 heterocycles. The number of ether oxygens (including phenoxy) is 1. The first-order valence-electron chi connectivity index (χ1n) is 10.5. The Morgan fingerprint density at radius 1 is 0.688 bits per heavy atom. The molecule has 5 aromatic carbocycles. The monoisotopic (exact) mass is 457 g/mol. The zero-order chi connectivity index (χ0) is 21.9. The van der Waals surface area contributed by atoms with Crippen LogP contribution in [0.5, 0.6) is 5.75 Å². The summed E-state index contributed by atoms with van der Waals surface area (Å²) in [6.45, 7) is 1.07. The van der Waals surface area contributed by atoms with Crippen molar-refractivity contribution in [3.63, 3.8) is 0 Å². The minimum atomic E-state index is 0.494. The van der Waals surface area contributed by atoms with Gasteiger partial charge in [0.25, 0.3) is 0 Å². The summed E-state index contributed by atoms with van der Waals surface area (Å²) in [6.07, 6.45) is 0. The van der Waals surface area contributed by atoms with Crippen molar-refractivity contribution in [3.8, 4) is 5.75 Å². The molecule has 0 bridgehead atoms. The van der Waals surface area contributed by atoms with E-state index in [1.54, 1.807) is 6.07 Å². The van der Waals surface area contributed by atoms with Crippen molar-refractivity contribution in [1.29, 1.82) is 0 Å². The molecular weight excluding hydrogens is 437 g/mol. The molecule has 0 saturated carbocycles. The van der Waals surface area contributed by atoms with E-state index >= 15 is 0 Å². The van der Waals surface area contributed by atoms with Gasteiger partial charge in [0.15, 0.2) is 0 Å². The highest BCUT2D eigenvalue weighted by atomic mass is 35.5. The third kappa shape index (κ3) is 4.25. The van der Waals surface area contributed by atoms with Gasteiger partial charge in [-0.05, 0) is 51.4 Å². The summed E-state index contributed by atoms with van der Waals surface area (Å²) in [4.78, 5) is 0. The van der Waals surface area contributed by atoms with E-state index in [1.807, 2.05) is 24.3 Å². The number of nitrogens with one attached hydrogen (secondary N) is 1. The molecule has 32 heavy (non-hydrogen) atoms. The van der Waals surface area contributed by atoms with Gasteiger partial charge in [-0.3, -0.25) is 0 Å². The second-order valence-electron chi connectivity index (χ2n) is 7.67. The van der Waals surface area contributed by atoms with E-state index in [4.69, 9.17) is 27.9 Å². The maximum Gasteiger partial charge on any atom is 0.125 e. The molecule has 0 saturated heterocycles. The molecule has 0 radical (unpaired) electrons. The SMILES string of the molecule is Clc1ccc(NCc2c(OCc3cccc4ccccc34)ccc3ccccc23)c(Cl)c1. The summed E-state index contributed by atoms with van der Waals surface area (Å²) in [6, 6.07) is 32.7. The van der Waals surface area contributed by atoms with Crippen molar-refractivity contribution in [1.82, 2.24) is 0 Å². The lowest BCUT2D eigenvalue weighted by molar-refractivity contribution is 0.305. The van der Waals surface area contributed by atoms with Gasteiger partial charge in [0.1, 0.15) is 12.4 Å². The van der Waals surface area contributed by atoms with Crippen LogP contribution in [-0.4, -0.2) is 0 Å². The van der Waals surface area contributed by atoms with Gasteiger partial charge in [0, 0.05) is 17.1 Å². The molecular formula is C28H21Cl2NO. The first-order valence-corrected chi connectivity index (χ1v) is 11.2. The molecule has 0 unspecified atom stereocenters. The van der Waals surface area contributed by atoms with E-state index in [0.717, 1.165) is 28.0 Å².